The number of Topliss-reactive ketones (excluding diaryl/α,β-unsaturated/α-hetero) is 1. The molecule has 0 aromatic heterocycles. The molecule has 2 N–H and O–H groups in total. The Kier molecular flexibility index (Phi) is 3.30. The quantitative estimate of drug-likeness (QED) is 0.723. The molecule has 0 heterocycles. The Morgan fingerprint density at radius 2 is 1.68 bits per heavy atom. The first-order valence-corrected chi connectivity index (χ1v) is 9.25. The van der Waals surface area contributed by atoms with Gasteiger partial charge in [0.1, 0.15) is 5.78 Å². The Balaban J connectivity index is 1.67. The van der Waals surface area contributed by atoms with Crippen molar-refractivity contribution in [2.24, 2.45) is 34.5 Å². The molecule has 0 unspecified atom stereocenters. The highest BCUT2D eigenvalue weighted by atomic mass is 16.3. The van der Waals surface area contributed by atoms with Crippen LogP contribution in [0.25, 0.3) is 0 Å². The minimum Gasteiger partial charge on any atom is -0.393 e. The first-order valence-electron chi connectivity index (χ1n) is 9.25. The third-order valence-electron chi connectivity index (χ3n) is 8.53. The molecule has 4 aliphatic rings. The molecule has 0 aliphatic heterocycles. The Morgan fingerprint density at radius 3 is 2.45 bits per heavy atom. The maximum atomic E-state index is 11.9. The summed E-state index contributed by atoms with van der Waals surface area (Å²) in [7, 11) is 0. The smallest absolute Gasteiger partial charge is 0.135 e. The second kappa shape index (κ2) is 4.80. The van der Waals surface area contributed by atoms with E-state index in [0.29, 0.717) is 36.5 Å². The summed E-state index contributed by atoms with van der Waals surface area (Å²) in [5, 5.41) is 21.2. The number of aliphatic hydroxyl groups is 2. The number of carbonyl (C=O) groups is 1. The summed E-state index contributed by atoms with van der Waals surface area (Å²) in [5.41, 5.74) is 0.0193. The van der Waals surface area contributed by atoms with Gasteiger partial charge in [0.2, 0.25) is 0 Å². The Bertz CT molecular complexity index is 489. The van der Waals surface area contributed by atoms with Crippen molar-refractivity contribution in [3.8, 4) is 0 Å². The number of ketones is 1. The van der Waals surface area contributed by atoms with Gasteiger partial charge in [-0.3, -0.25) is 4.79 Å². The predicted octanol–water partition coefficient (Wildman–Crippen LogP) is 2.93. The third kappa shape index (κ3) is 1.78. The van der Waals surface area contributed by atoms with Crippen molar-refractivity contribution in [3.05, 3.63) is 0 Å². The van der Waals surface area contributed by atoms with Crippen LogP contribution in [0.3, 0.4) is 0 Å². The minimum atomic E-state index is -0.456. The van der Waals surface area contributed by atoms with Crippen molar-refractivity contribution in [2.75, 3.05) is 0 Å². The van der Waals surface area contributed by atoms with Crippen LogP contribution in [0.1, 0.15) is 65.2 Å². The zero-order valence-electron chi connectivity index (χ0n) is 13.9. The van der Waals surface area contributed by atoms with Gasteiger partial charge in [-0.15, -0.1) is 0 Å². The van der Waals surface area contributed by atoms with E-state index >= 15 is 0 Å². The van der Waals surface area contributed by atoms with Crippen LogP contribution in [0.5, 0.6) is 0 Å². The Hall–Kier alpha value is -0.410. The minimum absolute atomic E-state index is 0.0777. The van der Waals surface area contributed by atoms with E-state index in [1.54, 1.807) is 0 Å². The lowest BCUT2D eigenvalue weighted by atomic mass is 9.44. The summed E-state index contributed by atoms with van der Waals surface area (Å²) in [6.45, 7) is 4.56. The lowest BCUT2D eigenvalue weighted by Gasteiger charge is -2.61. The first kappa shape index (κ1) is 15.1. The summed E-state index contributed by atoms with van der Waals surface area (Å²) in [5.74, 6) is 2.42. The molecule has 0 saturated heterocycles. The molecule has 4 saturated carbocycles. The summed E-state index contributed by atoms with van der Waals surface area (Å²) in [4.78, 5) is 11.9. The normalized spacial score (nSPS) is 57.9. The molecule has 0 aromatic rings. The van der Waals surface area contributed by atoms with Crippen molar-refractivity contribution >= 4 is 5.78 Å². The Morgan fingerprint density at radius 1 is 0.909 bits per heavy atom. The van der Waals surface area contributed by atoms with Gasteiger partial charge in [0.15, 0.2) is 0 Å². The van der Waals surface area contributed by atoms with E-state index in [0.717, 1.165) is 32.1 Å². The number of carbonyl (C=O) groups excluding carboxylic acids is 1. The fraction of sp³-hybridized carbons (Fsp3) is 0.947. The second-order valence-electron chi connectivity index (χ2n) is 9.12. The van der Waals surface area contributed by atoms with Crippen molar-refractivity contribution in [1.29, 1.82) is 0 Å². The van der Waals surface area contributed by atoms with Crippen LogP contribution < -0.4 is 0 Å². The first-order chi connectivity index (χ1) is 10.4. The second-order valence-corrected chi connectivity index (χ2v) is 9.12. The maximum absolute atomic E-state index is 11.9. The fourth-order valence-corrected chi connectivity index (χ4v) is 7.08. The molecule has 0 bridgehead atoms. The van der Waals surface area contributed by atoms with E-state index < -0.39 is 6.10 Å². The van der Waals surface area contributed by atoms with Gasteiger partial charge >= 0.3 is 0 Å². The largest absolute Gasteiger partial charge is 0.393 e. The van der Waals surface area contributed by atoms with E-state index in [1.165, 1.54) is 6.42 Å². The zero-order valence-corrected chi connectivity index (χ0v) is 13.9. The van der Waals surface area contributed by atoms with Crippen LogP contribution in [0.2, 0.25) is 0 Å². The standard InChI is InChI=1S/C19H30O3/c1-18-8-7-15-13(14(18)5-6-16(18)21)4-3-11-9-12(20)10-17(22)19(11,15)2/h11,13-17,21-22H,3-10H2,1-2H3/t11-,13+,14+,15+,16+,17+,18+,19+/m1/s1. The molecule has 3 heteroatoms. The fourth-order valence-electron chi connectivity index (χ4n) is 7.08. The van der Waals surface area contributed by atoms with Gasteiger partial charge in [-0.25, -0.2) is 0 Å². The zero-order chi connectivity index (χ0) is 15.7. The van der Waals surface area contributed by atoms with E-state index in [4.69, 9.17) is 0 Å². The topological polar surface area (TPSA) is 57.5 Å². The van der Waals surface area contributed by atoms with Gasteiger partial charge in [-0.05, 0) is 67.6 Å². The summed E-state index contributed by atoms with van der Waals surface area (Å²) in [6.07, 6.45) is 7.03. The van der Waals surface area contributed by atoms with Crippen LogP contribution in [0.4, 0.5) is 0 Å². The summed E-state index contributed by atoms with van der Waals surface area (Å²) < 4.78 is 0. The van der Waals surface area contributed by atoms with Crippen LogP contribution in [-0.4, -0.2) is 28.2 Å². The average molecular weight is 306 g/mol. The van der Waals surface area contributed by atoms with Crippen molar-refractivity contribution in [3.63, 3.8) is 0 Å². The number of aliphatic hydroxyl groups excluding tert-OH is 2. The van der Waals surface area contributed by atoms with E-state index in [2.05, 4.69) is 13.8 Å². The molecular formula is C19H30O3. The maximum Gasteiger partial charge on any atom is 0.135 e. The van der Waals surface area contributed by atoms with Gasteiger partial charge in [0.25, 0.3) is 0 Å². The summed E-state index contributed by atoms with van der Waals surface area (Å²) in [6, 6.07) is 0. The highest BCUT2D eigenvalue weighted by molar-refractivity contribution is 5.80. The van der Waals surface area contributed by atoms with Crippen molar-refractivity contribution < 1.29 is 15.0 Å². The Labute approximate surface area is 133 Å². The molecule has 8 atom stereocenters. The molecule has 0 aromatic carbocycles. The SMILES string of the molecule is C[C@]12CC[C@H]3[C@@H](CC[C@@H]4CC(=O)C[C@H](O)[C@@]43C)[C@@H]1CC[C@@H]2O. The highest BCUT2D eigenvalue weighted by Gasteiger charge is 2.62. The highest BCUT2D eigenvalue weighted by Crippen LogP contribution is 2.65. The predicted molar refractivity (Wildman–Crippen MR) is 84.1 cm³/mol. The van der Waals surface area contributed by atoms with E-state index in [9.17, 15) is 15.0 Å². The van der Waals surface area contributed by atoms with E-state index in [-0.39, 0.29) is 22.7 Å². The van der Waals surface area contributed by atoms with Gasteiger partial charge in [0.05, 0.1) is 12.2 Å². The monoisotopic (exact) mass is 306 g/mol. The molecule has 4 fully saturated rings. The van der Waals surface area contributed by atoms with E-state index in [1.807, 2.05) is 0 Å². The van der Waals surface area contributed by atoms with Gasteiger partial charge in [-0.1, -0.05) is 13.8 Å². The average Bonchev–Trinajstić information content (AvgIpc) is 2.77. The lowest BCUT2D eigenvalue weighted by Crippen LogP contribution is -2.59. The van der Waals surface area contributed by atoms with Crippen LogP contribution >= 0.6 is 0 Å². The third-order valence-corrected chi connectivity index (χ3v) is 8.53. The molecule has 0 spiro atoms. The molecule has 22 heavy (non-hydrogen) atoms. The van der Waals surface area contributed by atoms with Crippen molar-refractivity contribution in [2.45, 2.75) is 77.4 Å². The van der Waals surface area contributed by atoms with Gasteiger partial charge in [0, 0.05) is 18.3 Å². The molecule has 124 valence electrons. The van der Waals surface area contributed by atoms with Crippen molar-refractivity contribution in [1.82, 2.24) is 0 Å². The molecule has 3 nitrogen and oxygen atoms in total. The molecule has 0 radical (unpaired) electrons. The number of hydrogen-bond acceptors (Lipinski definition) is 3. The molecule has 4 aliphatic carbocycles. The summed E-state index contributed by atoms with van der Waals surface area (Å²) >= 11 is 0. The lowest BCUT2D eigenvalue weighted by molar-refractivity contribution is -0.173. The van der Waals surface area contributed by atoms with Crippen LogP contribution in [0.15, 0.2) is 0 Å². The number of hydrogen-bond donors (Lipinski definition) is 2. The van der Waals surface area contributed by atoms with Gasteiger partial charge < -0.3 is 10.2 Å². The molecular weight excluding hydrogens is 276 g/mol. The van der Waals surface area contributed by atoms with Crippen LogP contribution in [0, 0.1) is 34.5 Å². The molecule has 4 rings (SSSR count). The number of fused-ring (bicyclic) bond motifs is 5. The molecule has 0 amide bonds. The number of rotatable bonds is 0. The van der Waals surface area contributed by atoms with Crippen LogP contribution in [-0.2, 0) is 4.79 Å². The van der Waals surface area contributed by atoms with Gasteiger partial charge in [-0.2, -0.15) is 0 Å².